The number of rotatable bonds is 9. The molecule has 6 rings (SSSR count). The summed E-state index contributed by atoms with van der Waals surface area (Å²) in [6.45, 7) is 0.275. The molecule has 9 N–H and O–H groups in total. The molecule has 3 unspecified atom stereocenters. The summed E-state index contributed by atoms with van der Waals surface area (Å²) in [5.41, 5.74) is 13.6. The van der Waals surface area contributed by atoms with E-state index in [9.17, 15) is 29.7 Å². The highest BCUT2D eigenvalue weighted by Gasteiger charge is 2.45. The molecule has 17 heteroatoms. The van der Waals surface area contributed by atoms with Gasteiger partial charge in [-0.3, -0.25) is 19.1 Å². The number of ether oxygens (including phenoxy) is 1. The number of nitrogens with one attached hydrogen (secondary N) is 2. The van der Waals surface area contributed by atoms with Gasteiger partial charge in [0.25, 0.3) is 5.56 Å². The van der Waals surface area contributed by atoms with Crippen molar-refractivity contribution in [2.75, 3.05) is 23.8 Å². The number of nitrogens with two attached hydrogens (primary N) is 2. The van der Waals surface area contributed by atoms with Gasteiger partial charge in [0.1, 0.15) is 29.4 Å². The van der Waals surface area contributed by atoms with Gasteiger partial charge in [-0.15, -0.1) is 0 Å². The molecular weight excluding hydrogens is 594 g/mol. The number of aryl methyl sites for hydroxylation is 1. The van der Waals surface area contributed by atoms with Gasteiger partial charge in [-0.05, 0) is 37.3 Å². The SMILES string of the molecule is Nc1nc2[nH]cc(CCCC(=O)N3CCC(SC[C@H]4O[C@@H](n5cnc6c(N)ccnc65)[C@@H](O)C4O)CC3C(=O)O)c2c(=O)[nH]1. The Kier molecular flexibility index (Phi) is 8.19. The highest BCUT2D eigenvalue weighted by molar-refractivity contribution is 7.99. The first-order valence-electron chi connectivity index (χ1n) is 14.2. The lowest BCUT2D eigenvalue weighted by atomic mass is 10.0. The van der Waals surface area contributed by atoms with Crippen molar-refractivity contribution in [2.24, 2.45) is 0 Å². The van der Waals surface area contributed by atoms with Crippen LogP contribution in [0.3, 0.4) is 0 Å². The standard InChI is InChI=1S/C27H33N9O7S/c28-14-4-6-30-23-19(14)32-11-36(23)25-21(39)20(38)16(43-25)10-44-13-5-7-35(15(8-13)26(41)42)17(37)3-1-2-12-9-31-22-18(12)24(40)34-27(29)33-22/h4,6,9,11,13,15-16,20-21,25,38-39H,1-3,5,7-8,10H2,(H2,28,30)(H,41,42)(H4,29,31,33,34,40)/t13?,15?,16-,20?,21+,25-/m1/s1. The van der Waals surface area contributed by atoms with Gasteiger partial charge in [-0.2, -0.15) is 16.7 Å². The number of aliphatic hydroxyl groups is 2. The Morgan fingerprint density at radius 2 is 2.02 bits per heavy atom. The number of H-pyrrole nitrogens is 2. The minimum atomic E-state index is -1.23. The van der Waals surface area contributed by atoms with Crippen molar-refractivity contribution in [1.82, 2.24) is 34.4 Å². The van der Waals surface area contributed by atoms with Crippen molar-refractivity contribution in [1.29, 1.82) is 0 Å². The van der Waals surface area contributed by atoms with Gasteiger partial charge in [-0.1, -0.05) is 0 Å². The van der Waals surface area contributed by atoms with Crippen molar-refractivity contribution >= 4 is 57.5 Å². The van der Waals surface area contributed by atoms with E-state index in [-0.39, 0.29) is 42.1 Å². The lowest BCUT2D eigenvalue weighted by Crippen LogP contribution is -2.51. The van der Waals surface area contributed by atoms with Crippen LogP contribution in [0.2, 0.25) is 0 Å². The molecule has 2 saturated heterocycles. The molecule has 2 fully saturated rings. The Bertz CT molecular complexity index is 1760. The number of nitrogen functional groups attached to an aromatic ring is 2. The molecule has 2 aliphatic heterocycles. The van der Waals surface area contributed by atoms with Crippen LogP contribution in [0.1, 0.15) is 37.5 Å². The maximum absolute atomic E-state index is 13.1. The van der Waals surface area contributed by atoms with Crippen LogP contribution in [-0.2, 0) is 20.7 Å². The average molecular weight is 628 g/mol. The fraction of sp³-hybridized carbons (Fsp3) is 0.481. The minimum absolute atomic E-state index is 0.00725. The number of nitrogens with zero attached hydrogens (tertiary/aromatic N) is 5. The first-order chi connectivity index (χ1) is 21.1. The molecule has 6 atom stereocenters. The zero-order valence-electron chi connectivity index (χ0n) is 23.5. The molecule has 1 amide bonds. The maximum Gasteiger partial charge on any atom is 0.326 e. The number of aliphatic hydroxyl groups excluding tert-OH is 2. The Morgan fingerprint density at radius 1 is 1.20 bits per heavy atom. The van der Waals surface area contributed by atoms with Crippen LogP contribution in [0.15, 0.2) is 29.6 Å². The molecule has 4 aromatic rings. The molecule has 0 aliphatic carbocycles. The summed E-state index contributed by atoms with van der Waals surface area (Å²) < 4.78 is 7.56. The number of anilines is 2. The third-order valence-corrected chi connectivity index (χ3v) is 9.66. The van der Waals surface area contributed by atoms with Gasteiger partial charge in [0, 0.05) is 36.4 Å². The van der Waals surface area contributed by atoms with Crippen molar-refractivity contribution in [3.05, 3.63) is 40.7 Å². The number of imidazole rings is 1. The van der Waals surface area contributed by atoms with Crippen molar-refractivity contribution < 1.29 is 29.6 Å². The monoisotopic (exact) mass is 627 g/mol. The Hall–Kier alpha value is -4.19. The predicted octanol–water partition coefficient (Wildman–Crippen LogP) is -0.0202. The zero-order valence-corrected chi connectivity index (χ0v) is 24.3. The number of pyridine rings is 1. The molecular formula is C27H33N9O7S. The smallest absolute Gasteiger partial charge is 0.326 e. The summed E-state index contributed by atoms with van der Waals surface area (Å²) in [5.74, 6) is -1.03. The Balaban J connectivity index is 1.03. The second-order valence-corrected chi connectivity index (χ2v) is 12.4. The summed E-state index contributed by atoms with van der Waals surface area (Å²) in [4.78, 5) is 56.9. The highest BCUT2D eigenvalue weighted by Crippen LogP contribution is 2.36. The minimum Gasteiger partial charge on any atom is -0.480 e. The lowest BCUT2D eigenvalue weighted by molar-refractivity contribution is -0.151. The molecule has 0 bridgehead atoms. The molecule has 0 saturated carbocycles. The first-order valence-corrected chi connectivity index (χ1v) is 15.3. The molecule has 234 valence electrons. The average Bonchev–Trinajstić information content (AvgIpc) is 3.68. The van der Waals surface area contributed by atoms with Crippen LogP contribution < -0.4 is 17.0 Å². The number of hydrogen-bond acceptors (Lipinski definition) is 12. The summed E-state index contributed by atoms with van der Waals surface area (Å²) >= 11 is 1.45. The van der Waals surface area contributed by atoms with E-state index >= 15 is 0 Å². The number of hydrogen-bond donors (Lipinski definition) is 7. The van der Waals surface area contributed by atoms with Crippen LogP contribution in [-0.4, -0.2) is 103 Å². The number of carbonyl (C=O) groups excluding carboxylic acids is 1. The number of likely N-dealkylation sites (tertiary alicyclic amines) is 1. The number of thioether (sulfide) groups is 1. The Labute approximate surface area is 253 Å². The van der Waals surface area contributed by atoms with Crippen LogP contribution in [0.5, 0.6) is 0 Å². The number of piperidine rings is 1. The number of aliphatic carboxylic acids is 1. The quantitative estimate of drug-likeness (QED) is 0.129. The number of amides is 1. The fourth-order valence-electron chi connectivity index (χ4n) is 5.98. The van der Waals surface area contributed by atoms with Gasteiger partial charge in [0.05, 0.1) is 23.5 Å². The number of carboxylic acids is 1. The molecule has 0 spiro atoms. The molecule has 44 heavy (non-hydrogen) atoms. The van der Waals surface area contributed by atoms with E-state index in [2.05, 4.69) is 24.9 Å². The predicted molar refractivity (Wildman–Crippen MR) is 161 cm³/mol. The first kappa shape index (κ1) is 29.9. The van der Waals surface area contributed by atoms with Crippen molar-refractivity contribution in [3.63, 3.8) is 0 Å². The molecule has 2 aliphatic rings. The van der Waals surface area contributed by atoms with E-state index in [0.29, 0.717) is 58.5 Å². The zero-order chi connectivity index (χ0) is 31.1. The van der Waals surface area contributed by atoms with E-state index in [0.717, 1.165) is 0 Å². The second-order valence-electron chi connectivity index (χ2n) is 11.0. The largest absolute Gasteiger partial charge is 0.480 e. The van der Waals surface area contributed by atoms with E-state index < -0.39 is 36.6 Å². The number of aromatic amines is 2. The van der Waals surface area contributed by atoms with Crippen LogP contribution in [0, 0.1) is 0 Å². The van der Waals surface area contributed by atoms with Crippen LogP contribution in [0.4, 0.5) is 11.6 Å². The number of aromatic nitrogens is 6. The summed E-state index contributed by atoms with van der Waals surface area (Å²) in [6, 6.07) is 0.630. The molecule has 6 heterocycles. The number of carboxylic acid groups (broad SMARTS) is 1. The number of fused-ring (bicyclic) bond motifs is 2. The van der Waals surface area contributed by atoms with Gasteiger partial charge >= 0.3 is 5.97 Å². The third kappa shape index (κ3) is 5.58. The number of carbonyl (C=O) groups is 2. The maximum atomic E-state index is 13.1. The van der Waals surface area contributed by atoms with Crippen LogP contribution in [0.25, 0.3) is 22.2 Å². The fourth-order valence-corrected chi connectivity index (χ4v) is 7.30. The van der Waals surface area contributed by atoms with Crippen molar-refractivity contribution in [3.8, 4) is 0 Å². The molecule has 16 nitrogen and oxygen atoms in total. The molecule has 0 radical (unpaired) electrons. The van der Waals surface area contributed by atoms with Gasteiger partial charge in [-0.25, -0.2) is 14.8 Å². The van der Waals surface area contributed by atoms with E-state index in [1.165, 1.54) is 33.8 Å². The van der Waals surface area contributed by atoms with Crippen LogP contribution >= 0.6 is 11.8 Å². The normalized spacial score (nSPS) is 25.6. The van der Waals surface area contributed by atoms with Gasteiger partial charge in [0.15, 0.2) is 11.9 Å². The summed E-state index contributed by atoms with van der Waals surface area (Å²) in [7, 11) is 0. The van der Waals surface area contributed by atoms with E-state index in [1.807, 2.05) is 0 Å². The van der Waals surface area contributed by atoms with Gasteiger partial charge in [0.2, 0.25) is 11.9 Å². The topological polar surface area (TPSA) is 252 Å². The molecule has 0 aromatic carbocycles. The van der Waals surface area contributed by atoms with E-state index in [1.54, 1.807) is 12.3 Å². The van der Waals surface area contributed by atoms with Crippen molar-refractivity contribution in [2.45, 2.75) is 67.9 Å². The second kappa shape index (κ2) is 12.1. The molecule has 4 aromatic heterocycles. The highest BCUT2D eigenvalue weighted by atomic mass is 32.2. The Morgan fingerprint density at radius 3 is 2.82 bits per heavy atom. The van der Waals surface area contributed by atoms with E-state index in [4.69, 9.17) is 16.2 Å². The summed E-state index contributed by atoms with van der Waals surface area (Å²) in [5, 5.41) is 31.7. The third-order valence-electron chi connectivity index (χ3n) is 8.24. The lowest BCUT2D eigenvalue weighted by Gasteiger charge is -2.37. The van der Waals surface area contributed by atoms with Gasteiger partial charge < -0.3 is 41.4 Å². The summed E-state index contributed by atoms with van der Waals surface area (Å²) in [6.07, 6.45) is 2.38.